The van der Waals surface area contributed by atoms with E-state index in [9.17, 15) is 13.2 Å². The molecular weight excluding hydrogens is 227 g/mol. The van der Waals surface area contributed by atoms with E-state index in [1.165, 1.54) is 12.2 Å². The average molecular weight is 239 g/mol. The molecule has 1 aromatic rings. The lowest BCUT2D eigenvalue weighted by atomic mass is 9.92. The van der Waals surface area contributed by atoms with E-state index in [2.05, 4.69) is 11.6 Å². The predicted octanol–water partition coefficient (Wildman–Crippen LogP) is 4.18. The summed E-state index contributed by atoms with van der Waals surface area (Å²) in [5, 5.41) is 0. The number of aromatic nitrogens is 1. The number of nitrogens with one attached hydrogen (secondary N) is 1. The molecule has 1 aromatic heterocycles. The van der Waals surface area contributed by atoms with Gasteiger partial charge < -0.3 is 4.98 Å². The second kappa shape index (κ2) is 4.28. The fourth-order valence-corrected chi connectivity index (χ4v) is 1.82. The summed E-state index contributed by atoms with van der Waals surface area (Å²) >= 11 is 0. The van der Waals surface area contributed by atoms with Crippen molar-refractivity contribution >= 4 is 11.6 Å². The fraction of sp³-hybridized carbons (Fsp3) is 0.231. The van der Waals surface area contributed by atoms with E-state index in [1.807, 2.05) is 0 Å². The Morgan fingerprint density at radius 2 is 2.12 bits per heavy atom. The third-order valence-corrected chi connectivity index (χ3v) is 2.78. The summed E-state index contributed by atoms with van der Waals surface area (Å²) in [6, 6.07) is 3.57. The molecule has 90 valence electrons. The summed E-state index contributed by atoms with van der Waals surface area (Å²) in [5.74, 6) is -1.39. The molecule has 1 aliphatic rings. The average Bonchev–Trinajstić information content (AvgIpc) is 2.76. The maximum absolute atomic E-state index is 12.6. The molecule has 1 nitrogen and oxygen atoms in total. The Morgan fingerprint density at radius 3 is 2.71 bits per heavy atom. The quantitative estimate of drug-likeness (QED) is 0.796. The summed E-state index contributed by atoms with van der Waals surface area (Å²) in [5.41, 5.74) is 2.19. The molecule has 4 heteroatoms. The molecule has 0 fully saturated rings. The minimum Gasteiger partial charge on any atom is -0.355 e. The first kappa shape index (κ1) is 11.8. The van der Waals surface area contributed by atoms with Gasteiger partial charge in [0.15, 0.2) is 0 Å². The van der Waals surface area contributed by atoms with E-state index in [4.69, 9.17) is 0 Å². The molecule has 0 aliphatic heterocycles. The van der Waals surface area contributed by atoms with Crippen molar-refractivity contribution in [3.05, 3.63) is 48.3 Å². The van der Waals surface area contributed by atoms with Gasteiger partial charge in [0, 0.05) is 11.4 Å². The summed E-state index contributed by atoms with van der Waals surface area (Å²) in [6.07, 6.45) is 1.80. The van der Waals surface area contributed by atoms with Crippen LogP contribution in [0.25, 0.3) is 11.6 Å². The highest BCUT2D eigenvalue weighted by molar-refractivity contribution is 5.67. The highest BCUT2D eigenvalue weighted by Gasteiger charge is 2.38. The normalized spacial score (nSPS) is 20.2. The molecule has 0 bridgehead atoms. The standard InChI is InChI=1S/C13H12F3N/c1-2-11-6-7-12(17-11)9-4-3-5-10(8-9)13(14,15)16/h2-7,10,17H,1,8H2. The first-order chi connectivity index (χ1) is 8.00. The van der Waals surface area contributed by atoms with Crippen LogP contribution in [0.3, 0.4) is 0 Å². The predicted molar refractivity (Wildman–Crippen MR) is 62.2 cm³/mol. The highest BCUT2D eigenvalue weighted by atomic mass is 19.4. The zero-order valence-electron chi connectivity index (χ0n) is 9.09. The molecular formula is C13H12F3N. The lowest BCUT2D eigenvalue weighted by Gasteiger charge is -2.20. The van der Waals surface area contributed by atoms with Crippen LogP contribution in [0, 0.1) is 5.92 Å². The van der Waals surface area contributed by atoms with Gasteiger partial charge in [-0.25, -0.2) is 0 Å². The van der Waals surface area contributed by atoms with E-state index in [-0.39, 0.29) is 6.42 Å². The van der Waals surface area contributed by atoms with Gasteiger partial charge in [-0.05, 0) is 30.2 Å². The van der Waals surface area contributed by atoms with Crippen LogP contribution in [-0.4, -0.2) is 11.2 Å². The molecule has 0 saturated heterocycles. The van der Waals surface area contributed by atoms with Crippen molar-refractivity contribution in [1.82, 2.24) is 4.98 Å². The van der Waals surface area contributed by atoms with Crippen LogP contribution in [0.15, 0.2) is 36.9 Å². The molecule has 1 N–H and O–H groups in total. The minimum absolute atomic E-state index is 0.0168. The molecule has 0 aromatic carbocycles. The van der Waals surface area contributed by atoms with E-state index < -0.39 is 12.1 Å². The zero-order valence-corrected chi connectivity index (χ0v) is 9.09. The molecule has 0 radical (unpaired) electrons. The van der Waals surface area contributed by atoms with Crippen LogP contribution < -0.4 is 0 Å². The molecule has 0 spiro atoms. The molecule has 1 unspecified atom stereocenters. The van der Waals surface area contributed by atoms with Crippen molar-refractivity contribution in [3.63, 3.8) is 0 Å². The Bertz CT molecular complexity index is 477. The van der Waals surface area contributed by atoms with E-state index in [0.29, 0.717) is 5.57 Å². The van der Waals surface area contributed by atoms with Gasteiger partial charge in [0.25, 0.3) is 0 Å². The SMILES string of the molecule is C=Cc1ccc(C2=CC=CC(C(F)(F)F)C2)[nH]1. The maximum atomic E-state index is 12.6. The van der Waals surface area contributed by atoms with Gasteiger partial charge in [-0.2, -0.15) is 13.2 Å². The van der Waals surface area contributed by atoms with Crippen molar-refractivity contribution in [1.29, 1.82) is 0 Å². The zero-order chi connectivity index (χ0) is 12.5. The molecule has 17 heavy (non-hydrogen) atoms. The second-order valence-electron chi connectivity index (χ2n) is 3.96. The molecule has 1 aliphatic carbocycles. The summed E-state index contributed by atoms with van der Waals surface area (Å²) in [4.78, 5) is 3.02. The van der Waals surface area contributed by atoms with E-state index in [1.54, 1.807) is 24.3 Å². The number of H-pyrrole nitrogens is 1. The first-order valence-electron chi connectivity index (χ1n) is 5.26. The largest absolute Gasteiger partial charge is 0.395 e. The van der Waals surface area contributed by atoms with Crippen molar-refractivity contribution in [2.75, 3.05) is 0 Å². The summed E-state index contributed by atoms with van der Waals surface area (Å²) < 4.78 is 37.8. The van der Waals surface area contributed by atoms with E-state index in [0.717, 1.165) is 11.4 Å². The summed E-state index contributed by atoms with van der Waals surface area (Å²) in [6.45, 7) is 3.60. The fourth-order valence-electron chi connectivity index (χ4n) is 1.82. The minimum atomic E-state index is -4.18. The number of alkyl halides is 3. The van der Waals surface area contributed by atoms with Gasteiger partial charge >= 0.3 is 6.18 Å². The van der Waals surface area contributed by atoms with Crippen LogP contribution >= 0.6 is 0 Å². The number of hydrogen-bond acceptors (Lipinski definition) is 0. The monoisotopic (exact) mass is 239 g/mol. The van der Waals surface area contributed by atoms with Crippen LogP contribution in [0.2, 0.25) is 0 Å². The van der Waals surface area contributed by atoms with Crippen LogP contribution in [0.4, 0.5) is 13.2 Å². The Hall–Kier alpha value is -1.71. The molecule has 0 saturated carbocycles. The maximum Gasteiger partial charge on any atom is 0.395 e. The van der Waals surface area contributed by atoms with Crippen molar-refractivity contribution in [2.24, 2.45) is 5.92 Å². The molecule has 1 atom stereocenters. The third kappa shape index (κ3) is 2.52. The van der Waals surface area contributed by atoms with Crippen molar-refractivity contribution in [2.45, 2.75) is 12.6 Å². The molecule has 1 heterocycles. The van der Waals surface area contributed by atoms with Crippen molar-refractivity contribution in [3.8, 4) is 0 Å². The topological polar surface area (TPSA) is 15.8 Å². The Morgan fingerprint density at radius 1 is 1.35 bits per heavy atom. The van der Waals surface area contributed by atoms with Gasteiger partial charge in [0.05, 0.1) is 5.92 Å². The Balaban J connectivity index is 2.21. The van der Waals surface area contributed by atoms with Gasteiger partial charge in [-0.15, -0.1) is 0 Å². The lowest BCUT2D eigenvalue weighted by Crippen LogP contribution is -2.22. The van der Waals surface area contributed by atoms with Crippen LogP contribution in [-0.2, 0) is 0 Å². The first-order valence-corrected chi connectivity index (χ1v) is 5.26. The Labute approximate surface area is 97.3 Å². The lowest BCUT2D eigenvalue weighted by molar-refractivity contribution is -0.159. The number of allylic oxidation sites excluding steroid dienone is 4. The Kier molecular flexibility index (Phi) is 2.96. The van der Waals surface area contributed by atoms with Gasteiger partial charge in [-0.3, -0.25) is 0 Å². The molecule has 2 rings (SSSR count). The number of halogens is 3. The highest BCUT2D eigenvalue weighted by Crippen LogP contribution is 2.37. The van der Waals surface area contributed by atoms with Gasteiger partial charge in [0.1, 0.15) is 0 Å². The number of rotatable bonds is 2. The third-order valence-electron chi connectivity index (χ3n) is 2.78. The second-order valence-corrected chi connectivity index (χ2v) is 3.96. The number of aromatic amines is 1. The summed E-state index contributed by atoms with van der Waals surface area (Å²) in [7, 11) is 0. The van der Waals surface area contributed by atoms with Gasteiger partial charge in [0.2, 0.25) is 0 Å². The van der Waals surface area contributed by atoms with Gasteiger partial charge in [-0.1, -0.05) is 24.8 Å². The van der Waals surface area contributed by atoms with E-state index >= 15 is 0 Å². The number of hydrogen-bond donors (Lipinski definition) is 1. The smallest absolute Gasteiger partial charge is 0.355 e. The van der Waals surface area contributed by atoms with Crippen molar-refractivity contribution < 1.29 is 13.2 Å². The van der Waals surface area contributed by atoms with Crippen LogP contribution in [0.1, 0.15) is 17.8 Å². The van der Waals surface area contributed by atoms with Crippen LogP contribution in [0.5, 0.6) is 0 Å². The molecule has 0 amide bonds.